The van der Waals surface area contributed by atoms with Gasteiger partial charge in [-0.2, -0.15) is 5.10 Å². The molecule has 3 aromatic rings. The van der Waals surface area contributed by atoms with E-state index in [1.165, 1.54) is 25.7 Å². The quantitative estimate of drug-likeness (QED) is 0.314. The third-order valence-corrected chi connectivity index (χ3v) is 3.53. The Balaban J connectivity index is 1.66. The van der Waals surface area contributed by atoms with Crippen LogP contribution in [0.2, 0.25) is 0 Å². The lowest BCUT2D eigenvalue weighted by atomic mass is 10.2. The van der Waals surface area contributed by atoms with Crippen LogP contribution in [-0.4, -0.2) is 25.2 Å². The SMILES string of the molecule is COc1cc(/C=N\NC(=O)c2ccccc2)ccc1OC(=O)c1ccco1. The second kappa shape index (κ2) is 8.48. The average Bonchev–Trinajstić information content (AvgIpc) is 3.24. The van der Waals surface area contributed by atoms with E-state index in [-0.39, 0.29) is 17.4 Å². The molecule has 7 heteroatoms. The van der Waals surface area contributed by atoms with Gasteiger partial charge in [0.1, 0.15) is 0 Å². The smallest absolute Gasteiger partial charge is 0.379 e. The third kappa shape index (κ3) is 4.60. The van der Waals surface area contributed by atoms with Gasteiger partial charge in [0.2, 0.25) is 5.76 Å². The van der Waals surface area contributed by atoms with Crippen molar-refractivity contribution in [3.05, 3.63) is 83.8 Å². The number of esters is 1. The second-order valence-electron chi connectivity index (χ2n) is 5.34. The normalized spacial score (nSPS) is 10.6. The number of methoxy groups -OCH3 is 1. The lowest BCUT2D eigenvalue weighted by molar-refractivity contribution is 0.0696. The van der Waals surface area contributed by atoms with Gasteiger partial charge in [0.05, 0.1) is 19.6 Å². The molecule has 27 heavy (non-hydrogen) atoms. The number of carbonyl (C=O) groups is 2. The van der Waals surface area contributed by atoms with Crippen LogP contribution in [0.25, 0.3) is 0 Å². The molecular weight excluding hydrogens is 348 g/mol. The largest absolute Gasteiger partial charge is 0.493 e. The molecule has 0 aliphatic rings. The molecule has 7 nitrogen and oxygen atoms in total. The van der Waals surface area contributed by atoms with E-state index in [0.29, 0.717) is 16.9 Å². The molecule has 3 rings (SSSR count). The molecular formula is C20H16N2O5. The Morgan fingerprint density at radius 1 is 1.04 bits per heavy atom. The number of rotatable bonds is 6. The van der Waals surface area contributed by atoms with Gasteiger partial charge in [-0.15, -0.1) is 0 Å². The molecule has 0 fully saturated rings. The van der Waals surface area contributed by atoms with Gasteiger partial charge in [-0.25, -0.2) is 10.2 Å². The number of amides is 1. The highest BCUT2D eigenvalue weighted by atomic mass is 16.6. The second-order valence-corrected chi connectivity index (χ2v) is 5.34. The van der Waals surface area contributed by atoms with Crippen molar-refractivity contribution < 1.29 is 23.5 Å². The number of benzene rings is 2. The van der Waals surface area contributed by atoms with Gasteiger partial charge in [-0.05, 0) is 48.0 Å². The molecule has 1 amide bonds. The van der Waals surface area contributed by atoms with Crippen molar-refractivity contribution in [2.75, 3.05) is 7.11 Å². The van der Waals surface area contributed by atoms with Crippen LogP contribution in [0.1, 0.15) is 26.5 Å². The molecule has 0 bridgehead atoms. The van der Waals surface area contributed by atoms with E-state index in [1.54, 1.807) is 48.5 Å². The summed E-state index contributed by atoms with van der Waals surface area (Å²) < 4.78 is 15.5. The minimum atomic E-state index is -0.630. The Kier molecular flexibility index (Phi) is 5.64. The maximum atomic E-state index is 12.0. The summed E-state index contributed by atoms with van der Waals surface area (Å²) in [5.74, 6) is -0.276. The highest BCUT2D eigenvalue weighted by molar-refractivity contribution is 5.95. The fourth-order valence-corrected chi connectivity index (χ4v) is 2.21. The van der Waals surface area contributed by atoms with Crippen molar-refractivity contribution in [2.24, 2.45) is 5.10 Å². The first kappa shape index (κ1) is 17.9. The molecule has 0 saturated heterocycles. The molecule has 0 aliphatic carbocycles. The number of hydrogen-bond acceptors (Lipinski definition) is 6. The molecule has 1 aromatic heterocycles. The van der Waals surface area contributed by atoms with Crippen LogP contribution in [0.4, 0.5) is 0 Å². The Morgan fingerprint density at radius 2 is 1.85 bits per heavy atom. The molecule has 0 aliphatic heterocycles. The minimum Gasteiger partial charge on any atom is -0.493 e. The molecule has 0 atom stereocenters. The zero-order valence-electron chi connectivity index (χ0n) is 14.4. The number of nitrogens with one attached hydrogen (secondary N) is 1. The van der Waals surface area contributed by atoms with Gasteiger partial charge < -0.3 is 13.9 Å². The van der Waals surface area contributed by atoms with Crippen molar-refractivity contribution in [1.82, 2.24) is 5.43 Å². The van der Waals surface area contributed by atoms with E-state index < -0.39 is 5.97 Å². The Bertz CT molecular complexity index is 950. The first-order valence-corrected chi connectivity index (χ1v) is 7.99. The van der Waals surface area contributed by atoms with Crippen LogP contribution < -0.4 is 14.9 Å². The predicted octanol–water partition coefficient (Wildman–Crippen LogP) is 3.27. The summed E-state index contributed by atoms with van der Waals surface area (Å²) in [6.45, 7) is 0. The molecule has 0 saturated carbocycles. The summed E-state index contributed by atoms with van der Waals surface area (Å²) in [7, 11) is 1.46. The Labute approximate surface area is 155 Å². The van der Waals surface area contributed by atoms with Gasteiger partial charge in [0.25, 0.3) is 5.91 Å². The predicted molar refractivity (Wildman–Crippen MR) is 98.2 cm³/mol. The van der Waals surface area contributed by atoms with Crippen LogP contribution >= 0.6 is 0 Å². The molecule has 0 unspecified atom stereocenters. The van der Waals surface area contributed by atoms with Crippen molar-refractivity contribution in [2.45, 2.75) is 0 Å². The number of hydrazone groups is 1. The Hall–Kier alpha value is -3.87. The maximum absolute atomic E-state index is 12.0. The lowest BCUT2D eigenvalue weighted by Gasteiger charge is -2.09. The molecule has 0 radical (unpaired) electrons. The molecule has 0 spiro atoms. The fourth-order valence-electron chi connectivity index (χ4n) is 2.21. The van der Waals surface area contributed by atoms with Crippen LogP contribution in [0, 0.1) is 0 Å². The summed E-state index contributed by atoms with van der Waals surface area (Å²) >= 11 is 0. The van der Waals surface area contributed by atoms with Crippen molar-refractivity contribution in [3.8, 4) is 11.5 Å². The number of furan rings is 1. The van der Waals surface area contributed by atoms with Gasteiger partial charge in [0, 0.05) is 5.56 Å². The lowest BCUT2D eigenvalue weighted by Crippen LogP contribution is -2.17. The highest BCUT2D eigenvalue weighted by Gasteiger charge is 2.14. The summed E-state index contributed by atoms with van der Waals surface area (Å²) in [5, 5.41) is 3.92. The molecule has 2 aromatic carbocycles. The van der Waals surface area contributed by atoms with Crippen LogP contribution in [-0.2, 0) is 0 Å². The van der Waals surface area contributed by atoms with E-state index in [9.17, 15) is 9.59 Å². The maximum Gasteiger partial charge on any atom is 0.379 e. The summed E-state index contributed by atoms with van der Waals surface area (Å²) in [5.41, 5.74) is 3.60. The molecule has 1 N–H and O–H groups in total. The van der Waals surface area contributed by atoms with Crippen molar-refractivity contribution >= 4 is 18.1 Å². The van der Waals surface area contributed by atoms with Crippen molar-refractivity contribution in [1.29, 1.82) is 0 Å². The van der Waals surface area contributed by atoms with E-state index in [4.69, 9.17) is 13.9 Å². The minimum absolute atomic E-state index is 0.0892. The van der Waals surface area contributed by atoms with Gasteiger partial charge in [-0.3, -0.25) is 4.79 Å². The zero-order valence-corrected chi connectivity index (χ0v) is 14.4. The number of hydrogen-bond donors (Lipinski definition) is 1. The first-order chi connectivity index (χ1) is 13.2. The van der Waals surface area contributed by atoms with E-state index in [0.717, 1.165) is 0 Å². The number of ether oxygens (including phenoxy) is 2. The topological polar surface area (TPSA) is 90.1 Å². The summed E-state index contributed by atoms with van der Waals surface area (Å²) in [4.78, 5) is 23.9. The summed E-state index contributed by atoms with van der Waals surface area (Å²) in [6.07, 6.45) is 2.85. The highest BCUT2D eigenvalue weighted by Crippen LogP contribution is 2.28. The van der Waals surface area contributed by atoms with Crippen LogP contribution in [0.5, 0.6) is 11.5 Å². The third-order valence-electron chi connectivity index (χ3n) is 3.53. The zero-order chi connectivity index (χ0) is 19.1. The van der Waals surface area contributed by atoms with E-state index in [1.807, 2.05) is 6.07 Å². The van der Waals surface area contributed by atoms with Gasteiger partial charge >= 0.3 is 5.97 Å². The van der Waals surface area contributed by atoms with Crippen LogP contribution in [0.3, 0.4) is 0 Å². The van der Waals surface area contributed by atoms with Gasteiger partial charge in [-0.1, -0.05) is 18.2 Å². The molecule has 1 heterocycles. The van der Waals surface area contributed by atoms with Crippen LogP contribution in [0.15, 0.2) is 76.4 Å². The summed E-state index contributed by atoms with van der Waals surface area (Å²) in [6, 6.07) is 16.7. The average molecular weight is 364 g/mol. The molecule has 136 valence electrons. The monoisotopic (exact) mass is 364 g/mol. The number of carbonyl (C=O) groups excluding carboxylic acids is 2. The number of nitrogens with zero attached hydrogens (tertiary/aromatic N) is 1. The Morgan fingerprint density at radius 3 is 2.56 bits per heavy atom. The van der Waals surface area contributed by atoms with Crippen molar-refractivity contribution in [3.63, 3.8) is 0 Å². The first-order valence-electron chi connectivity index (χ1n) is 7.99. The standard InChI is InChI=1S/C20H16N2O5/c1-25-18-12-14(13-21-22-19(23)15-6-3-2-4-7-15)9-10-16(18)27-20(24)17-8-5-11-26-17/h2-13H,1H3,(H,22,23)/b21-13-. The van der Waals surface area contributed by atoms with Gasteiger partial charge in [0.15, 0.2) is 11.5 Å². The van der Waals surface area contributed by atoms with E-state index >= 15 is 0 Å². The van der Waals surface area contributed by atoms with E-state index in [2.05, 4.69) is 10.5 Å². The fraction of sp³-hybridized carbons (Fsp3) is 0.0500.